The molecular formula is C21H24O4. The fourth-order valence-corrected chi connectivity index (χ4v) is 2.98. The summed E-state index contributed by atoms with van der Waals surface area (Å²) in [6, 6.07) is 15.7. The van der Waals surface area contributed by atoms with Gasteiger partial charge in [-0.3, -0.25) is 0 Å². The standard InChI is InChI=1S/C21H24O4/c1-14-12-18(15-8-6-5-7-9-15)24-19-13-16(10-11-17(14)19)23-20(22)25-21(2,3)4/h5-11,13-14,18H,12H2,1-4H3/t14-,18-/m1/s1. The first-order chi connectivity index (χ1) is 11.8. The van der Waals surface area contributed by atoms with Crippen LogP contribution in [0.3, 0.4) is 0 Å². The molecule has 1 heterocycles. The lowest BCUT2D eigenvalue weighted by atomic mass is 9.89. The van der Waals surface area contributed by atoms with E-state index in [1.54, 1.807) is 32.9 Å². The summed E-state index contributed by atoms with van der Waals surface area (Å²) in [5, 5.41) is 0. The third-order valence-corrected chi connectivity index (χ3v) is 4.11. The van der Waals surface area contributed by atoms with Gasteiger partial charge in [0.25, 0.3) is 0 Å². The van der Waals surface area contributed by atoms with Crippen molar-refractivity contribution in [3.8, 4) is 11.5 Å². The zero-order valence-electron chi connectivity index (χ0n) is 15.1. The van der Waals surface area contributed by atoms with Crippen LogP contribution in [0, 0.1) is 0 Å². The summed E-state index contributed by atoms with van der Waals surface area (Å²) < 4.78 is 16.7. The van der Waals surface area contributed by atoms with E-state index in [4.69, 9.17) is 14.2 Å². The van der Waals surface area contributed by atoms with Gasteiger partial charge in [0, 0.05) is 6.07 Å². The highest BCUT2D eigenvalue weighted by Gasteiger charge is 2.27. The molecule has 4 heteroatoms. The molecule has 0 radical (unpaired) electrons. The van der Waals surface area contributed by atoms with Crippen LogP contribution in [-0.4, -0.2) is 11.8 Å². The van der Waals surface area contributed by atoms with Crippen LogP contribution < -0.4 is 9.47 Å². The monoisotopic (exact) mass is 340 g/mol. The minimum absolute atomic E-state index is 0.000441. The Morgan fingerprint density at radius 2 is 1.84 bits per heavy atom. The number of hydrogen-bond donors (Lipinski definition) is 0. The van der Waals surface area contributed by atoms with Crippen LogP contribution in [0.4, 0.5) is 4.79 Å². The number of carbonyl (C=O) groups is 1. The summed E-state index contributed by atoms with van der Waals surface area (Å²) >= 11 is 0. The maximum atomic E-state index is 11.9. The Hall–Kier alpha value is -2.49. The van der Waals surface area contributed by atoms with Crippen molar-refractivity contribution in [1.29, 1.82) is 0 Å². The molecule has 0 fully saturated rings. The van der Waals surface area contributed by atoms with Crippen LogP contribution in [-0.2, 0) is 4.74 Å². The number of benzene rings is 2. The van der Waals surface area contributed by atoms with Crippen LogP contribution in [0.25, 0.3) is 0 Å². The molecule has 2 aromatic rings. The van der Waals surface area contributed by atoms with Gasteiger partial charge in [0.05, 0.1) is 0 Å². The Kier molecular flexibility index (Phi) is 4.71. The van der Waals surface area contributed by atoms with Crippen LogP contribution in [0.2, 0.25) is 0 Å². The van der Waals surface area contributed by atoms with Crippen molar-refractivity contribution in [1.82, 2.24) is 0 Å². The summed E-state index contributed by atoms with van der Waals surface area (Å²) in [5.41, 5.74) is 1.69. The van der Waals surface area contributed by atoms with Gasteiger partial charge < -0.3 is 14.2 Å². The zero-order valence-corrected chi connectivity index (χ0v) is 15.1. The first kappa shape index (κ1) is 17.3. The zero-order chi connectivity index (χ0) is 18.0. The molecule has 0 saturated heterocycles. The van der Waals surface area contributed by atoms with Gasteiger partial charge in [0.2, 0.25) is 0 Å². The molecule has 1 aliphatic rings. The predicted molar refractivity (Wildman–Crippen MR) is 96.1 cm³/mol. The molecule has 0 bridgehead atoms. The molecule has 0 unspecified atom stereocenters. The molecule has 0 aromatic heterocycles. The van der Waals surface area contributed by atoms with E-state index in [2.05, 4.69) is 19.1 Å². The smallest absolute Gasteiger partial charge is 0.485 e. The van der Waals surface area contributed by atoms with Gasteiger partial charge in [-0.15, -0.1) is 0 Å². The summed E-state index contributed by atoms with van der Waals surface area (Å²) in [6.45, 7) is 7.59. The third-order valence-electron chi connectivity index (χ3n) is 4.11. The molecule has 0 amide bonds. The molecule has 132 valence electrons. The minimum Gasteiger partial charge on any atom is -0.485 e. The normalized spacial score (nSPS) is 19.5. The van der Waals surface area contributed by atoms with E-state index in [1.165, 1.54) is 0 Å². The fourth-order valence-electron chi connectivity index (χ4n) is 2.98. The van der Waals surface area contributed by atoms with E-state index < -0.39 is 11.8 Å². The Morgan fingerprint density at radius 1 is 1.12 bits per heavy atom. The summed E-state index contributed by atoms with van der Waals surface area (Å²) in [5.74, 6) is 1.55. The van der Waals surface area contributed by atoms with Gasteiger partial charge in [-0.1, -0.05) is 43.3 Å². The van der Waals surface area contributed by atoms with Gasteiger partial charge >= 0.3 is 6.16 Å². The van der Waals surface area contributed by atoms with Crippen molar-refractivity contribution in [2.45, 2.75) is 51.7 Å². The lowest BCUT2D eigenvalue weighted by Gasteiger charge is -2.31. The van der Waals surface area contributed by atoms with Gasteiger partial charge in [-0.25, -0.2) is 4.79 Å². The van der Waals surface area contributed by atoms with Crippen molar-refractivity contribution in [2.75, 3.05) is 0 Å². The van der Waals surface area contributed by atoms with E-state index in [-0.39, 0.29) is 6.10 Å². The highest BCUT2D eigenvalue weighted by molar-refractivity contribution is 5.65. The molecule has 2 aromatic carbocycles. The minimum atomic E-state index is -0.712. The highest BCUT2D eigenvalue weighted by Crippen LogP contribution is 2.43. The first-order valence-corrected chi connectivity index (χ1v) is 8.58. The second-order valence-corrected chi connectivity index (χ2v) is 7.42. The molecular weight excluding hydrogens is 316 g/mol. The molecule has 3 rings (SSSR count). The molecule has 2 atom stereocenters. The number of hydrogen-bond acceptors (Lipinski definition) is 4. The fraction of sp³-hybridized carbons (Fsp3) is 0.381. The van der Waals surface area contributed by atoms with Crippen LogP contribution >= 0.6 is 0 Å². The molecule has 0 N–H and O–H groups in total. The van der Waals surface area contributed by atoms with E-state index in [0.29, 0.717) is 11.7 Å². The lowest BCUT2D eigenvalue weighted by molar-refractivity contribution is 0.0205. The average Bonchev–Trinajstić information content (AvgIpc) is 2.53. The Balaban J connectivity index is 1.78. The molecule has 0 spiro atoms. The Morgan fingerprint density at radius 3 is 2.52 bits per heavy atom. The molecule has 25 heavy (non-hydrogen) atoms. The van der Waals surface area contributed by atoms with Crippen molar-refractivity contribution >= 4 is 6.16 Å². The van der Waals surface area contributed by atoms with Crippen molar-refractivity contribution in [3.63, 3.8) is 0 Å². The molecule has 1 aliphatic heterocycles. The number of fused-ring (bicyclic) bond motifs is 1. The third kappa shape index (κ3) is 4.32. The van der Waals surface area contributed by atoms with Gasteiger partial charge in [0.15, 0.2) is 0 Å². The molecule has 0 aliphatic carbocycles. The van der Waals surface area contributed by atoms with Crippen LogP contribution in [0.15, 0.2) is 48.5 Å². The quantitative estimate of drug-likeness (QED) is 0.525. The van der Waals surface area contributed by atoms with Gasteiger partial charge in [0.1, 0.15) is 23.2 Å². The molecule has 0 saturated carbocycles. The Labute approximate surface area is 148 Å². The number of rotatable bonds is 2. The maximum Gasteiger partial charge on any atom is 0.514 e. The van der Waals surface area contributed by atoms with Gasteiger partial charge in [-0.2, -0.15) is 0 Å². The second-order valence-electron chi connectivity index (χ2n) is 7.42. The SMILES string of the molecule is C[C@@H]1C[C@H](c2ccccc2)Oc2cc(OC(=O)OC(C)(C)C)ccc21. The van der Waals surface area contributed by atoms with E-state index in [0.717, 1.165) is 23.3 Å². The number of ether oxygens (including phenoxy) is 3. The summed E-state index contributed by atoms with van der Waals surface area (Å²) in [4.78, 5) is 11.9. The van der Waals surface area contributed by atoms with E-state index in [9.17, 15) is 4.79 Å². The second kappa shape index (κ2) is 6.79. The molecule has 4 nitrogen and oxygen atoms in total. The maximum absolute atomic E-state index is 11.9. The average molecular weight is 340 g/mol. The topological polar surface area (TPSA) is 44.8 Å². The largest absolute Gasteiger partial charge is 0.514 e. The van der Waals surface area contributed by atoms with Crippen LogP contribution in [0.1, 0.15) is 57.3 Å². The van der Waals surface area contributed by atoms with E-state index >= 15 is 0 Å². The Bertz CT molecular complexity index is 746. The van der Waals surface area contributed by atoms with Crippen molar-refractivity contribution < 1.29 is 19.0 Å². The van der Waals surface area contributed by atoms with E-state index in [1.807, 2.05) is 24.3 Å². The lowest BCUT2D eigenvalue weighted by Crippen LogP contribution is -2.26. The first-order valence-electron chi connectivity index (χ1n) is 8.58. The van der Waals surface area contributed by atoms with Crippen molar-refractivity contribution in [3.05, 3.63) is 59.7 Å². The highest BCUT2D eigenvalue weighted by atomic mass is 16.7. The predicted octanol–water partition coefficient (Wildman–Crippen LogP) is 5.63. The van der Waals surface area contributed by atoms with Gasteiger partial charge in [-0.05, 0) is 50.3 Å². The van der Waals surface area contributed by atoms with Crippen LogP contribution in [0.5, 0.6) is 11.5 Å². The van der Waals surface area contributed by atoms with Crippen molar-refractivity contribution in [2.24, 2.45) is 0 Å². The summed E-state index contributed by atoms with van der Waals surface area (Å²) in [6.07, 6.45) is 0.208. The summed E-state index contributed by atoms with van der Waals surface area (Å²) in [7, 11) is 0. The number of carbonyl (C=O) groups excluding carboxylic acids is 1.